The Labute approximate surface area is 90.2 Å². The Morgan fingerprint density at radius 3 is 2.60 bits per heavy atom. The molecule has 1 aromatic carbocycles. The highest BCUT2D eigenvalue weighted by atomic mass is 32.2. The number of rotatable bonds is 5. The van der Waals surface area contributed by atoms with E-state index in [4.69, 9.17) is 9.92 Å². The molecule has 0 aliphatic heterocycles. The molecule has 0 unspecified atom stereocenters. The van der Waals surface area contributed by atoms with Gasteiger partial charge in [0.25, 0.3) is 0 Å². The highest BCUT2D eigenvalue weighted by Crippen LogP contribution is 2.19. The molecule has 0 aliphatic carbocycles. The maximum absolute atomic E-state index is 11.4. The first-order valence-electron chi connectivity index (χ1n) is 4.79. The Bertz CT molecular complexity index is 414. The minimum absolute atomic E-state index is 0.0197. The molecule has 1 rings (SSSR count). The summed E-state index contributed by atoms with van der Waals surface area (Å²) in [5.74, 6) is 0.347. The predicted molar refractivity (Wildman–Crippen MR) is 59.0 cm³/mol. The maximum Gasteiger partial charge on any atom is 0.309 e. The number of benzene rings is 1. The molecule has 0 saturated heterocycles. The summed E-state index contributed by atoms with van der Waals surface area (Å²) in [6, 6.07) is 6.86. The minimum Gasteiger partial charge on any atom is -0.382 e. The molecule has 5 heteroatoms. The monoisotopic (exact) mass is 229 g/mol. The zero-order valence-electron chi connectivity index (χ0n) is 8.64. The van der Waals surface area contributed by atoms with Gasteiger partial charge in [0.1, 0.15) is 5.75 Å². The molecule has 0 atom stereocenters. The first kappa shape index (κ1) is 12.0. The molecule has 0 amide bonds. The molecule has 0 aliphatic rings. The lowest BCUT2D eigenvalue weighted by atomic mass is 10.2. The molecule has 0 spiro atoms. The van der Waals surface area contributed by atoms with Crippen molar-refractivity contribution in [1.29, 1.82) is 0 Å². The van der Waals surface area contributed by atoms with Crippen molar-refractivity contribution in [2.75, 3.05) is 5.75 Å². The van der Waals surface area contributed by atoms with Crippen molar-refractivity contribution in [1.82, 2.24) is 0 Å². The van der Waals surface area contributed by atoms with Gasteiger partial charge in [-0.05, 0) is 12.5 Å². The van der Waals surface area contributed by atoms with Crippen LogP contribution in [0, 0.1) is 0 Å². The molecule has 0 aromatic heterocycles. The van der Waals surface area contributed by atoms with Crippen LogP contribution in [-0.2, 0) is 16.7 Å². The Balaban J connectivity index is 2.89. The van der Waals surface area contributed by atoms with Crippen LogP contribution in [0.2, 0.25) is 0 Å². The van der Waals surface area contributed by atoms with E-state index in [0.29, 0.717) is 17.7 Å². The SMILES string of the molecule is CCCS(=O)(=O)Oc1ccccc1CN. The molecule has 84 valence electrons. The van der Waals surface area contributed by atoms with Gasteiger partial charge in [-0.15, -0.1) is 0 Å². The van der Waals surface area contributed by atoms with Gasteiger partial charge in [-0.25, -0.2) is 0 Å². The summed E-state index contributed by atoms with van der Waals surface area (Å²) >= 11 is 0. The van der Waals surface area contributed by atoms with Crippen LogP contribution in [0.4, 0.5) is 0 Å². The lowest BCUT2D eigenvalue weighted by Crippen LogP contribution is -2.14. The fourth-order valence-corrected chi connectivity index (χ4v) is 2.20. The third-order valence-corrected chi connectivity index (χ3v) is 3.21. The number of hydrogen-bond acceptors (Lipinski definition) is 4. The highest BCUT2D eigenvalue weighted by molar-refractivity contribution is 7.87. The normalized spacial score (nSPS) is 11.3. The second-order valence-corrected chi connectivity index (χ2v) is 4.85. The van der Waals surface area contributed by atoms with Crippen LogP contribution >= 0.6 is 0 Å². The second-order valence-electron chi connectivity index (χ2n) is 3.16. The first-order valence-corrected chi connectivity index (χ1v) is 6.37. The van der Waals surface area contributed by atoms with Crippen molar-refractivity contribution in [3.8, 4) is 5.75 Å². The maximum atomic E-state index is 11.4. The quantitative estimate of drug-likeness (QED) is 0.772. The molecule has 15 heavy (non-hydrogen) atoms. The molecule has 4 nitrogen and oxygen atoms in total. The van der Waals surface area contributed by atoms with Gasteiger partial charge in [0.05, 0.1) is 5.75 Å². The van der Waals surface area contributed by atoms with E-state index in [1.165, 1.54) is 0 Å². The summed E-state index contributed by atoms with van der Waals surface area (Å²) in [5.41, 5.74) is 6.16. The van der Waals surface area contributed by atoms with E-state index < -0.39 is 10.1 Å². The molecule has 2 N–H and O–H groups in total. The molecule has 1 aromatic rings. The van der Waals surface area contributed by atoms with Crippen LogP contribution in [0.25, 0.3) is 0 Å². The van der Waals surface area contributed by atoms with Crippen molar-refractivity contribution >= 4 is 10.1 Å². The van der Waals surface area contributed by atoms with E-state index in [9.17, 15) is 8.42 Å². The van der Waals surface area contributed by atoms with E-state index in [0.717, 1.165) is 0 Å². The summed E-state index contributed by atoms with van der Waals surface area (Å²) < 4.78 is 27.8. The molecule has 0 saturated carbocycles. The fourth-order valence-electron chi connectivity index (χ4n) is 1.18. The van der Waals surface area contributed by atoms with Crippen LogP contribution in [0.1, 0.15) is 18.9 Å². The average Bonchev–Trinajstić information content (AvgIpc) is 2.17. The highest BCUT2D eigenvalue weighted by Gasteiger charge is 2.12. The van der Waals surface area contributed by atoms with Crippen molar-refractivity contribution < 1.29 is 12.6 Å². The topological polar surface area (TPSA) is 69.4 Å². The first-order chi connectivity index (χ1) is 7.09. The van der Waals surface area contributed by atoms with Gasteiger partial charge in [0.2, 0.25) is 0 Å². The van der Waals surface area contributed by atoms with Crippen LogP contribution < -0.4 is 9.92 Å². The van der Waals surface area contributed by atoms with Gasteiger partial charge in [0, 0.05) is 12.1 Å². The van der Waals surface area contributed by atoms with Gasteiger partial charge in [-0.1, -0.05) is 25.1 Å². The van der Waals surface area contributed by atoms with Crippen LogP contribution in [0.15, 0.2) is 24.3 Å². The number of hydrogen-bond donors (Lipinski definition) is 1. The van der Waals surface area contributed by atoms with Gasteiger partial charge < -0.3 is 9.92 Å². The molecule has 0 heterocycles. The Hall–Kier alpha value is -1.07. The van der Waals surface area contributed by atoms with E-state index in [1.54, 1.807) is 31.2 Å². The summed E-state index contributed by atoms with van der Waals surface area (Å²) in [4.78, 5) is 0. The third kappa shape index (κ3) is 3.53. The van der Waals surface area contributed by atoms with Gasteiger partial charge >= 0.3 is 10.1 Å². The molecular formula is C10H15NO3S. The largest absolute Gasteiger partial charge is 0.382 e. The zero-order chi connectivity index (χ0) is 11.3. The standard InChI is InChI=1S/C10H15NO3S/c1-2-7-15(12,13)14-10-6-4-3-5-9(10)8-11/h3-6H,2,7-8,11H2,1H3. The molecular weight excluding hydrogens is 214 g/mol. The average molecular weight is 229 g/mol. The lowest BCUT2D eigenvalue weighted by molar-refractivity contribution is 0.482. The van der Waals surface area contributed by atoms with Crippen LogP contribution in [0.3, 0.4) is 0 Å². The number of nitrogens with two attached hydrogens (primary N) is 1. The van der Waals surface area contributed by atoms with E-state index >= 15 is 0 Å². The fraction of sp³-hybridized carbons (Fsp3) is 0.400. The Kier molecular flexibility index (Phi) is 4.11. The predicted octanol–water partition coefficient (Wildman–Crippen LogP) is 1.26. The van der Waals surface area contributed by atoms with E-state index in [-0.39, 0.29) is 12.3 Å². The van der Waals surface area contributed by atoms with E-state index in [2.05, 4.69) is 0 Å². The van der Waals surface area contributed by atoms with Crippen molar-refractivity contribution in [3.63, 3.8) is 0 Å². The van der Waals surface area contributed by atoms with Gasteiger partial charge in [-0.2, -0.15) is 8.42 Å². The molecule has 0 radical (unpaired) electrons. The summed E-state index contributed by atoms with van der Waals surface area (Å²) in [5, 5.41) is 0. The van der Waals surface area contributed by atoms with Crippen molar-refractivity contribution in [3.05, 3.63) is 29.8 Å². The second kappa shape index (κ2) is 5.14. The molecule has 0 bridgehead atoms. The Morgan fingerprint density at radius 1 is 1.33 bits per heavy atom. The van der Waals surface area contributed by atoms with E-state index in [1.807, 2.05) is 0 Å². The molecule has 0 fully saturated rings. The summed E-state index contributed by atoms with van der Waals surface area (Å²) in [6.45, 7) is 2.05. The third-order valence-electron chi connectivity index (χ3n) is 1.86. The van der Waals surface area contributed by atoms with Crippen molar-refractivity contribution in [2.24, 2.45) is 5.73 Å². The summed E-state index contributed by atoms with van der Waals surface area (Å²) in [7, 11) is -3.47. The van der Waals surface area contributed by atoms with Gasteiger partial charge in [0.15, 0.2) is 0 Å². The van der Waals surface area contributed by atoms with Crippen LogP contribution in [-0.4, -0.2) is 14.2 Å². The summed E-state index contributed by atoms with van der Waals surface area (Å²) in [6.07, 6.45) is 0.535. The Morgan fingerprint density at radius 2 is 2.00 bits per heavy atom. The van der Waals surface area contributed by atoms with Crippen LogP contribution in [0.5, 0.6) is 5.75 Å². The smallest absolute Gasteiger partial charge is 0.309 e. The van der Waals surface area contributed by atoms with Crippen molar-refractivity contribution in [2.45, 2.75) is 19.9 Å². The lowest BCUT2D eigenvalue weighted by Gasteiger charge is -2.09. The zero-order valence-corrected chi connectivity index (χ0v) is 9.46. The number of para-hydroxylation sites is 1. The van der Waals surface area contributed by atoms with Gasteiger partial charge in [-0.3, -0.25) is 0 Å². The minimum atomic E-state index is -3.47.